The normalized spacial score (nSPS) is 20.8. The molecule has 104 valence electrons. The van der Waals surface area contributed by atoms with Gasteiger partial charge in [-0.2, -0.15) is 0 Å². The summed E-state index contributed by atoms with van der Waals surface area (Å²) in [6.45, 7) is 6.62. The van der Waals surface area contributed by atoms with Gasteiger partial charge in [0.1, 0.15) is 0 Å². The van der Waals surface area contributed by atoms with Gasteiger partial charge in [-0.1, -0.05) is 13.8 Å². The molecule has 0 aromatic rings. The molecule has 0 aliphatic carbocycles. The van der Waals surface area contributed by atoms with E-state index in [1.165, 1.54) is 0 Å². The Morgan fingerprint density at radius 3 is 2.28 bits per heavy atom. The summed E-state index contributed by atoms with van der Waals surface area (Å²) in [5, 5.41) is 9.30. The van der Waals surface area contributed by atoms with Gasteiger partial charge in [-0.25, -0.2) is 0 Å². The summed E-state index contributed by atoms with van der Waals surface area (Å²) in [4.78, 5) is 25.2. The van der Waals surface area contributed by atoms with Crippen molar-refractivity contribution in [2.75, 3.05) is 13.1 Å². The van der Waals surface area contributed by atoms with Crippen LogP contribution in [0.15, 0.2) is 0 Å². The molecule has 1 saturated heterocycles. The molecule has 1 heterocycles. The van der Waals surface area contributed by atoms with Crippen molar-refractivity contribution in [3.05, 3.63) is 0 Å². The van der Waals surface area contributed by atoms with Crippen molar-refractivity contribution < 1.29 is 14.7 Å². The Morgan fingerprint density at radius 2 is 1.89 bits per heavy atom. The first kappa shape index (κ1) is 15.0. The van der Waals surface area contributed by atoms with Crippen LogP contribution in [-0.4, -0.2) is 41.0 Å². The van der Waals surface area contributed by atoms with Crippen LogP contribution in [-0.2, 0) is 9.59 Å². The molecule has 18 heavy (non-hydrogen) atoms. The van der Waals surface area contributed by atoms with E-state index in [4.69, 9.17) is 5.73 Å². The van der Waals surface area contributed by atoms with Crippen LogP contribution >= 0.6 is 0 Å². The highest BCUT2D eigenvalue weighted by atomic mass is 16.4. The number of nitrogens with zero attached hydrogens (tertiary/aromatic N) is 1. The predicted molar refractivity (Wildman–Crippen MR) is 69.0 cm³/mol. The highest BCUT2D eigenvalue weighted by Gasteiger charge is 2.40. The van der Waals surface area contributed by atoms with Crippen molar-refractivity contribution in [2.24, 2.45) is 17.1 Å². The third kappa shape index (κ3) is 3.22. The quantitative estimate of drug-likeness (QED) is 0.788. The minimum atomic E-state index is -0.989. The maximum absolute atomic E-state index is 12.2. The monoisotopic (exact) mass is 256 g/mol. The van der Waals surface area contributed by atoms with E-state index in [-0.39, 0.29) is 24.3 Å². The minimum Gasteiger partial charge on any atom is -0.481 e. The number of rotatable bonds is 4. The molecule has 0 bridgehead atoms. The third-order valence-corrected chi connectivity index (χ3v) is 4.17. The number of hydrogen-bond donors (Lipinski definition) is 2. The van der Waals surface area contributed by atoms with Crippen LogP contribution in [0.4, 0.5) is 0 Å². The van der Waals surface area contributed by atoms with Crippen molar-refractivity contribution in [2.45, 2.75) is 46.1 Å². The lowest BCUT2D eigenvalue weighted by Gasteiger charge is -2.34. The first-order valence-corrected chi connectivity index (χ1v) is 6.54. The Labute approximate surface area is 108 Å². The average Bonchev–Trinajstić information content (AvgIpc) is 2.29. The molecule has 1 rings (SSSR count). The SMILES string of the molecule is CC(C)C(C)(CC(=O)N1CCC(N)CC1)C(=O)O. The molecular weight excluding hydrogens is 232 g/mol. The maximum atomic E-state index is 12.2. The predicted octanol–water partition coefficient (Wildman–Crippen LogP) is 1.07. The van der Waals surface area contributed by atoms with Crippen molar-refractivity contribution in [3.8, 4) is 0 Å². The van der Waals surface area contributed by atoms with Crippen LogP contribution in [0.5, 0.6) is 0 Å². The summed E-state index contributed by atoms with van der Waals surface area (Å²) in [7, 11) is 0. The van der Waals surface area contributed by atoms with E-state index in [0.29, 0.717) is 13.1 Å². The summed E-state index contributed by atoms with van der Waals surface area (Å²) >= 11 is 0. The van der Waals surface area contributed by atoms with Gasteiger partial charge >= 0.3 is 5.97 Å². The Morgan fingerprint density at radius 1 is 1.39 bits per heavy atom. The Kier molecular flexibility index (Phi) is 4.73. The first-order chi connectivity index (χ1) is 8.27. The van der Waals surface area contributed by atoms with Gasteiger partial charge in [-0.15, -0.1) is 0 Å². The molecule has 1 unspecified atom stereocenters. The fraction of sp³-hybridized carbons (Fsp3) is 0.846. The van der Waals surface area contributed by atoms with Crippen LogP contribution in [0, 0.1) is 11.3 Å². The van der Waals surface area contributed by atoms with Crippen LogP contribution in [0.2, 0.25) is 0 Å². The minimum absolute atomic E-state index is 0.0647. The number of carbonyl (C=O) groups is 2. The topological polar surface area (TPSA) is 83.6 Å². The maximum Gasteiger partial charge on any atom is 0.310 e. The summed E-state index contributed by atoms with van der Waals surface area (Å²) in [6, 6.07) is 0.171. The molecule has 1 amide bonds. The molecule has 0 aromatic carbocycles. The highest BCUT2D eigenvalue weighted by molar-refractivity contribution is 5.85. The standard InChI is InChI=1S/C13H24N2O3/c1-9(2)13(3,12(17)18)8-11(16)15-6-4-10(14)5-7-15/h9-10H,4-8,14H2,1-3H3,(H,17,18). The molecule has 1 atom stereocenters. The van der Waals surface area contributed by atoms with Gasteiger partial charge in [0, 0.05) is 25.6 Å². The molecule has 1 fully saturated rings. The molecule has 5 nitrogen and oxygen atoms in total. The van der Waals surface area contributed by atoms with Gasteiger partial charge in [0.25, 0.3) is 0 Å². The summed E-state index contributed by atoms with van der Waals surface area (Å²) < 4.78 is 0. The number of amides is 1. The molecule has 0 saturated carbocycles. The lowest BCUT2D eigenvalue weighted by molar-refractivity contribution is -0.155. The zero-order valence-electron chi connectivity index (χ0n) is 11.5. The molecule has 1 aliphatic heterocycles. The lowest BCUT2D eigenvalue weighted by atomic mass is 9.76. The van der Waals surface area contributed by atoms with Crippen molar-refractivity contribution in [3.63, 3.8) is 0 Å². The molecule has 0 radical (unpaired) electrons. The van der Waals surface area contributed by atoms with Crippen LogP contribution in [0.1, 0.15) is 40.0 Å². The molecule has 1 aliphatic rings. The fourth-order valence-corrected chi connectivity index (χ4v) is 2.10. The third-order valence-electron chi connectivity index (χ3n) is 4.17. The number of aliphatic carboxylic acids is 1. The number of likely N-dealkylation sites (tertiary alicyclic amines) is 1. The smallest absolute Gasteiger partial charge is 0.310 e. The molecule has 5 heteroatoms. The second-order valence-electron chi connectivity index (χ2n) is 5.77. The van der Waals surface area contributed by atoms with E-state index in [0.717, 1.165) is 12.8 Å². The van der Waals surface area contributed by atoms with E-state index >= 15 is 0 Å². The zero-order chi connectivity index (χ0) is 13.9. The number of carboxylic acids is 1. The molecule has 0 spiro atoms. The van der Waals surface area contributed by atoms with Crippen molar-refractivity contribution >= 4 is 11.9 Å². The Hall–Kier alpha value is -1.10. The fourth-order valence-electron chi connectivity index (χ4n) is 2.10. The van der Waals surface area contributed by atoms with Crippen LogP contribution < -0.4 is 5.73 Å². The highest BCUT2D eigenvalue weighted by Crippen LogP contribution is 2.32. The van der Waals surface area contributed by atoms with E-state index < -0.39 is 11.4 Å². The second-order valence-corrected chi connectivity index (χ2v) is 5.77. The summed E-state index contributed by atoms with van der Waals surface area (Å²) in [6.07, 6.45) is 1.67. The van der Waals surface area contributed by atoms with E-state index in [1.807, 2.05) is 13.8 Å². The molecular formula is C13H24N2O3. The molecule has 0 aromatic heterocycles. The van der Waals surface area contributed by atoms with Gasteiger partial charge in [0.2, 0.25) is 5.91 Å². The van der Waals surface area contributed by atoms with Crippen LogP contribution in [0.25, 0.3) is 0 Å². The number of nitrogens with two attached hydrogens (primary N) is 1. The Bertz CT molecular complexity index is 322. The number of piperidine rings is 1. The largest absolute Gasteiger partial charge is 0.481 e. The van der Waals surface area contributed by atoms with Gasteiger partial charge in [-0.3, -0.25) is 9.59 Å². The summed E-state index contributed by atoms with van der Waals surface area (Å²) in [5.41, 5.74) is 4.80. The van der Waals surface area contributed by atoms with Gasteiger partial charge < -0.3 is 15.7 Å². The van der Waals surface area contributed by atoms with E-state index in [1.54, 1.807) is 11.8 Å². The van der Waals surface area contributed by atoms with Crippen molar-refractivity contribution in [1.29, 1.82) is 0 Å². The Balaban J connectivity index is 2.65. The number of carbonyl (C=O) groups excluding carboxylic acids is 1. The average molecular weight is 256 g/mol. The number of carboxylic acid groups (broad SMARTS) is 1. The zero-order valence-corrected chi connectivity index (χ0v) is 11.5. The molecule has 3 N–H and O–H groups in total. The summed E-state index contributed by atoms with van der Waals surface area (Å²) in [5.74, 6) is -1.05. The van der Waals surface area contributed by atoms with E-state index in [9.17, 15) is 14.7 Å². The van der Waals surface area contributed by atoms with Crippen LogP contribution in [0.3, 0.4) is 0 Å². The van der Waals surface area contributed by atoms with Crippen molar-refractivity contribution in [1.82, 2.24) is 4.90 Å². The van der Waals surface area contributed by atoms with E-state index in [2.05, 4.69) is 0 Å². The van der Waals surface area contributed by atoms with Gasteiger partial charge in [0.15, 0.2) is 0 Å². The van der Waals surface area contributed by atoms with Gasteiger partial charge in [-0.05, 0) is 25.7 Å². The lowest BCUT2D eigenvalue weighted by Crippen LogP contribution is -2.46. The number of hydrogen-bond acceptors (Lipinski definition) is 3. The van der Waals surface area contributed by atoms with Gasteiger partial charge in [0.05, 0.1) is 5.41 Å². The first-order valence-electron chi connectivity index (χ1n) is 6.54. The second kappa shape index (κ2) is 5.69.